The zero-order valence-corrected chi connectivity index (χ0v) is 19.1. The zero-order chi connectivity index (χ0) is 24.4. The lowest BCUT2D eigenvalue weighted by molar-refractivity contribution is -0.126. The van der Waals surface area contributed by atoms with Crippen LogP contribution in [0.15, 0.2) is 47.4 Å². The lowest BCUT2D eigenvalue weighted by Gasteiger charge is -2.36. The van der Waals surface area contributed by atoms with Crippen molar-refractivity contribution < 1.29 is 32.2 Å². The van der Waals surface area contributed by atoms with E-state index in [0.717, 1.165) is 28.6 Å². The molecule has 2 aromatic rings. The van der Waals surface area contributed by atoms with Crippen molar-refractivity contribution in [2.24, 2.45) is 0 Å². The predicted molar refractivity (Wildman–Crippen MR) is 120 cm³/mol. The van der Waals surface area contributed by atoms with Crippen LogP contribution in [0.4, 0.5) is 20.6 Å². The maximum absolute atomic E-state index is 13.4. The number of hydrogen-bond acceptors (Lipinski definition) is 6. The van der Waals surface area contributed by atoms with Gasteiger partial charge < -0.3 is 20.5 Å². The van der Waals surface area contributed by atoms with Gasteiger partial charge in [-0.15, -0.1) is 0 Å². The summed E-state index contributed by atoms with van der Waals surface area (Å²) in [6.45, 7) is 3.25. The normalized spacial score (nSPS) is 15.9. The molecule has 1 aliphatic rings. The summed E-state index contributed by atoms with van der Waals surface area (Å²) in [6.07, 6.45) is -2.05. The molecule has 10 nitrogen and oxygen atoms in total. The fourth-order valence-electron chi connectivity index (χ4n) is 3.12. The maximum Gasteiger partial charge on any atom is 0.409 e. The second kappa shape index (κ2) is 9.24. The molecule has 12 heteroatoms. The number of halogens is 1. The highest BCUT2D eigenvalue weighted by Gasteiger charge is 2.36. The van der Waals surface area contributed by atoms with Gasteiger partial charge in [-0.1, -0.05) is 0 Å². The summed E-state index contributed by atoms with van der Waals surface area (Å²) < 4.78 is 47.1. The quantitative estimate of drug-likeness (QED) is 0.476. The van der Waals surface area contributed by atoms with Crippen LogP contribution < -0.4 is 25.0 Å². The van der Waals surface area contributed by atoms with E-state index >= 15 is 0 Å². The fraction of sp³-hybridized carbons (Fsp3) is 0.333. The first-order chi connectivity index (χ1) is 15.4. The Morgan fingerprint density at radius 3 is 2.48 bits per heavy atom. The topological polar surface area (TPSA) is 137 Å². The molecule has 0 bridgehead atoms. The number of benzene rings is 2. The van der Waals surface area contributed by atoms with E-state index in [4.69, 9.17) is 9.84 Å². The van der Waals surface area contributed by atoms with Gasteiger partial charge in [-0.3, -0.25) is 14.4 Å². The Kier molecular flexibility index (Phi) is 6.79. The van der Waals surface area contributed by atoms with Gasteiger partial charge in [-0.25, -0.2) is 17.6 Å². The van der Waals surface area contributed by atoms with Gasteiger partial charge in [-0.05, 0) is 63.4 Å². The van der Waals surface area contributed by atoms with Crippen LogP contribution in [-0.4, -0.2) is 57.3 Å². The van der Waals surface area contributed by atoms with E-state index < -0.39 is 33.6 Å². The van der Waals surface area contributed by atoms with Crippen molar-refractivity contribution in [2.75, 3.05) is 29.8 Å². The molecule has 3 rings (SSSR count). The fourth-order valence-corrected chi connectivity index (χ4v) is 4.62. The second-order valence-corrected chi connectivity index (χ2v) is 9.79. The summed E-state index contributed by atoms with van der Waals surface area (Å²) in [5.41, 5.74) is -0.584. The Morgan fingerprint density at radius 1 is 1.21 bits per heavy atom. The molecule has 0 aromatic heterocycles. The molecule has 0 aliphatic carbocycles. The number of anilines is 2. The molecule has 0 saturated heterocycles. The van der Waals surface area contributed by atoms with Crippen molar-refractivity contribution in [3.8, 4) is 5.75 Å². The summed E-state index contributed by atoms with van der Waals surface area (Å²) in [5.74, 6) is -0.694. The maximum atomic E-state index is 13.4. The van der Waals surface area contributed by atoms with Crippen LogP contribution in [0, 0.1) is 5.82 Å². The van der Waals surface area contributed by atoms with Gasteiger partial charge in [0.2, 0.25) is 5.91 Å². The molecule has 0 saturated carbocycles. The molecule has 1 heterocycles. The van der Waals surface area contributed by atoms with Crippen LogP contribution >= 0.6 is 0 Å². The number of rotatable bonds is 7. The highest BCUT2D eigenvalue weighted by atomic mass is 32.2. The van der Waals surface area contributed by atoms with Gasteiger partial charge >= 0.3 is 6.09 Å². The molecule has 178 valence electrons. The van der Waals surface area contributed by atoms with Gasteiger partial charge in [0.15, 0.2) is 0 Å². The van der Waals surface area contributed by atoms with Gasteiger partial charge in [0.1, 0.15) is 17.7 Å². The minimum Gasteiger partial charge on any atom is -0.484 e. The Hall–Kier alpha value is -3.38. The number of amides is 2. The van der Waals surface area contributed by atoms with Crippen molar-refractivity contribution in [3.05, 3.63) is 48.3 Å². The lowest BCUT2D eigenvalue weighted by Crippen LogP contribution is -2.55. The first-order valence-corrected chi connectivity index (χ1v) is 11.4. The minimum atomic E-state index is -4.16. The van der Waals surface area contributed by atoms with Crippen molar-refractivity contribution in [2.45, 2.75) is 30.4 Å². The van der Waals surface area contributed by atoms with Crippen molar-refractivity contribution >= 4 is 33.4 Å². The average Bonchev–Trinajstić information content (AvgIpc) is 2.76. The number of ether oxygens (including phenoxy) is 1. The summed E-state index contributed by atoms with van der Waals surface area (Å²) in [7, 11) is -2.51. The third-order valence-corrected chi connectivity index (χ3v) is 7.02. The molecule has 0 radical (unpaired) electrons. The van der Waals surface area contributed by atoms with Gasteiger partial charge in [0, 0.05) is 5.69 Å². The number of carbonyl (C=O) groups excluding carboxylic acids is 1. The van der Waals surface area contributed by atoms with E-state index in [1.807, 2.05) is 0 Å². The van der Waals surface area contributed by atoms with E-state index in [1.165, 1.54) is 18.2 Å². The van der Waals surface area contributed by atoms with E-state index in [2.05, 4.69) is 16.0 Å². The van der Waals surface area contributed by atoms with Gasteiger partial charge in [-0.2, -0.15) is 0 Å². The molecule has 0 fully saturated rings. The third-order valence-electron chi connectivity index (χ3n) is 5.23. The second-order valence-electron chi connectivity index (χ2n) is 7.93. The van der Waals surface area contributed by atoms with Crippen LogP contribution in [0.2, 0.25) is 0 Å². The Morgan fingerprint density at radius 2 is 1.88 bits per heavy atom. The molecule has 33 heavy (non-hydrogen) atoms. The highest BCUT2D eigenvalue weighted by molar-refractivity contribution is 7.92. The molecule has 2 aromatic carbocycles. The zero-order valence-electron chi connectivity index (χ0n) is 18.3. The molecule has 1 unspecified atom stereocenters. The molecule has 4 N–H and O–H groups in total. The molecule has 1 atom stereocenters. The third kappa shape index (κ3) is 5.34. The number of hydrogen-bond donors (Lipinski definition) is 4. The molecular formula is C21H25FN4O6S. The number of nitrogens with one attached hydrogen (secondary N) is 3. The van der Waals surface area contributed by atoms with Crippen molar-refractivity contribution in [1.82, 2.24) is 10.6 Å². The van der Waals surface area contributed by atoms with E-state index in [9.17, 15) is 22.4 Å². The number of fused-ring (bicyclic) bond motifs is 1. The van der Waals surface area contributed by atoms with Crippen LogP contribution in [-0.2, 0) is 14.8 Å². The van der Waals surface area contributed by atoms with Gasteiger partial charge in [0.25, 0.3) is 10.0 Å². The highest BCUT2D eigenvalue weighted by Crippen LogP contribution is 2.39. The van der Waals surface area contributed by atoms with E-state index in [1.54, 1.807) is 20.9 Å². The Labute approximate surface area is 190 Å². The monoisotopic (exact) mass is 480 g/mol. The molecule has 0 spiro atoms. The SMILES string of the molecule is CNC(C)(C)C(=O)NCC1CN(S(=O)(=O)c2ccc(F)cc2)c2cc(NC(=O)O)ccc2O1. The number of carbonyl (C=O) groups is 2. The molecule has 1 aliphatic heterocycles. The number of sulfonamides is 1. The Bertz CT molecular complexity index is 1150. The smallest absolute Gasteiger partial charge is 0.409 e. The molecule has 2 amide bonds. The largest absolute Gasteiger partial charge is 0.484 e. The first kappa shape index (κ1) is 24.3. The summed E-state index contributed by atoms with van der Waals surface area (Å²) in [5, 5.41) is 16.8. The van der Waals surface area contributed by atoms with Crippen LogP contribution in [0.3, 0.4) is 0 Å². The summed E-state index contributed by atoms with van der Waals surface area (Å²) >= 11 is 0. The van der Waals surface area contributed by atoms with Gasteiger partial charge in [0.05, 0.1) is 29.2 Å². The summed E-state index contributed by atoms with van der Waals surface area (Å²) in [6, 6.07) is 8.57. The van der Waals surface area contributed by atoms with Crippen molar-refractivity contribution in [1.29, 1.82) is 0 Å². The van der Waals surface area contributed by atoms with Crippen LogP contribution in [0.1, 0.15) is 13.8 Å². The number of nitrogens with zero attached hydrogens (tertiary/aromatic N) is 1. The number of carboxylic acid groups (broad SMARTS) is 1. The van der Waals surface area contributed by atoms with Crippen LogP contribution in [0.5, 0.6) is 5.75 Å². The van der Waals surface area contributed by atoms with E-state index in [-0.39, 0.29) is 41.0 Å². The predicted octanol–water partition coefficient (Wildman–Crippen LogP) is 1.99. The average molecular weight is 481 g/mol. The lowest BCUT2D eigenvalue weighted by atomic mass is 10.1. The van der Waals surface area contributed by atoms with Crippen LogP contribution in [0.25, 0.3) is 0 Å². The summed E-state index contributed by atoms with van der Waals surface area (Å²) in [4.78, 5) is 23.3. The first-order valence-electron chi connectivity index (χ1n) is 10.00. The van der Waals surface area contributed by atoms with Crippen molar-refractivity contribution in [3.63, 3.8) is 0 Å². The minimum absolute atomic E-state index is 0.0218. The standard InChI is InChI=1S/C21H25FN4O6S/c1-21(2,23-3)19(27)24-11-15-12-26(33(30,31)16-7-4-13(22)5-8-16)17-10-14(25-20(28)29)6-9-18(17)32-15/h4-10,15,23,25H,11-12H2,1-3H3,(H,24,27)(H,28,29). The Balaban J connectivity index is 1.96. The number of likely N-dealkylation sites (N-methyl/N-ethyl adjacent to an activating group) is 1. The van der Waals surface area contributed by atoms with E-state index in [0.29, 0.717) is 0 Å². The molecular weight excluding hydrogens is 455 g/mol.